The quantitative estimate of drug-likeness (QED) is 0.130. The van der Waals surface area contributed by atoms with Gasteiger partial charge in [0, 0.05) is 31.1 Å². The molecule has 1 atom stereocenters. The zero-order chi connectivity index (χ0) is 33.0. The molecule has 13 heteroatoms. The number of aryl methyl sites for hydroxylation is 1. The molecule has 0 radical (unpaired) electrons. The molecule has 1 heterocycles. The summed E-state index contributed by atoms with van der Waals surface area (Å²) in [7, 11) is 4.62. The Morgan fingerprint density at radius 1 is 0.891 bits per heavy atom. The molecule has 1 aliphatic carbocycles. The van der Waals surface area contributed by atoms with Gasteiger partial charge in [0.2, 0.25) is 23.0 Å². The zero-order valence-electron chi connectivity index (χ0n) is 25.9. The van der Waals surface area contributed by atoms with E-state index in [9.17, 15) is 24.0 Å². The lowest BCUT2D eigenvalue weighted by atomic mass is 9.95. The highest BCUT2D eigenvalue weighted by Crippen LogP contribution is 2.50. The Bertz CT molecular complexity index is 2000. The summed E-state index contributed by atoms with van der Waals surface area (Å²) >= 11 is 0. The summed E-state index contributed by atoms with van der Waals surface area (Å²) in [6, 6.07) is 11.3. The molecule has 0 saturated carbocycles. The molecular formula is C33H35N5O8. The van der Waals surface area contributed by atoms with Crippen molar-refractivity contribution in [2.75, 3.05) is 38.5 Å². The maximum absolute atomic E-state index is 13.5. The molecule has 3 aromatic carbocycles. The van der Waals surface area contributed by atoms with Crippen molar-refractivity contribution >= 4 is 34.2 Å². The van der Waals surface area contributed by atoms with Crippen LogP contribution in [-0.4, -0.2) is 49.7 Å². The van der Waals surface area contributed by atoms with Crippen molar-refractivity contribution in [3.8, 4) is 28.4 Å². The molecule has 5 rings (SSSR count). The number of amides is 2. The number of benzene rings is 2. The molecule has 13 nitrogen and oxygen atoms in total. The summed E-state index contributed by atoms with van der Waals surface area (Å²) in [5.74, 6) is 0.927. The highest BCUT2D eigenvalue weighted by molar-refractivity contribution is 5.93. The fraction of sp³-hybridized carbons (Fsp3) is 0.303. The van der Waals surface area contributed by atoms with Gasteiger partial charge >= 0.3 is 11.1 Å². The molecule has 0 bridgehead atoms. The van der Waals surface area contributed by atoms with Gasteiger partial charge < -0.3 is 40.1 Å². The smallest absolute Gasteiger partial charge is 0.314 e. The number of carbonyl (C=O) groups is 2. The molecule has 4 aromatic rings. The number of rotatable bonds is 10. The molecule has 240 valence electrons. The van der Waals surface area contributed by atoms with Gasteiger partial charge in [-0.25, -0.2) is 0 Å². The second-order valence-corrected chi connectivity index (χ2v) is 10.8. The van der Waals surface area contributed by atoms with E-state index in [4.69, 9.17) is 14.2 Å². The molecular weight excluding hydrogens is 594 g/mol. The standard InChI is InChI=1S/C33H35N5O8/c1-17(39)35-22-10-7-18-14-27(44-2)30(45-3)31(46-4)29(18)20-9-12-24(26(40)16-21(20)22)34-13-5-6-28(41)36-19-8-11-23-25(15-19)38-33(43)32(42)37-23/h8-9,11-12,14-16,22H,5-7,10,13H2,1-4H3,(H,34,40)(H,35,39)(H,36,41)(H,37,42)(H,38,43)/t22-/m1/s1. The predicted octanol–water partition coefficient (Wildman–Crippen LogP) is 3.22. The predicted molar refractivity (Wildman–Crippen MR) is 174 cm³/mol. The number of fused-ring (bicyclic) bond motifs is 4. The number of methoxy groups -OCH3 is 3. The minimum atomic E-state index is -0.778. The van der Waals surface area contributed by atoms with Gasteiger partial charge in [-0.2, -0.15) is 0 Å². The van der Waals surface area contributed by atoms with Crippen LogP contribution >= 0.6 is 0 Å². The van der Waals surface area contributed by atoms with Gasteiger partial charge in [0.1, 0.15) is 0 Å². The van der Waals surface area contributed by atoms with Gasteiger partial charge in [-0.1, -0.05) is 6.07 Å². The van der Waals surface area contributed by atoms with E-state index in [1.54, 1.807) is 38.5 Å². The van der Waals surface area contributed by atoms with Crippen LogP contribution in [0.1, 0.15) is 43.4 Å². The number of nitrogens with one attached hydrogen (secondary N) is 5. The average Bonchev–Trinajstić information content (AvgIpc) is 3.27. The second kappa shape index (κ2) is 13.6. The summed E-state index contributed by atoms with van der Waals surface area (Å²) in [6.45, 7) is 1.78. The van der Waals surface area contributed by atoms with Gasteiger partial charge in [-0.05, 0) is 72.4 Å². The van der Waals surface area contributed by atoms with Crippen LogP contribution in [0.25, 0.3) is 22.2 Å². The number of hydrogen-bond acceptors (Lipinski definition) is 9. The largest absolute Gasteiger partial charge is 0.493 e. The fourth-order valence-electron chi connectivity index (χ4n) is 5.74. The molecule has 0 fully saturated rings. The number of ether oxygens (including phenoxy) is 3. The van der Waals surface area contributed by atoms with Crippen molar-refractivity contribution in [1.82, 2.24) is 15.3 Å². The maximum atomic E-state index is 13.5. The van der Waals surface area contributed by atoms with E-state index in [0.29, 0.717) is 71.0 Å². The normalized spacial score (nSPS) is 13.5. The van der Waals surface area contributed by atoms with E-state index >= 15 is 0 Å². The molecule has 5 N–H and O–H groups in total. The first-order chi connectivity index (χ1) is 22.1. The highest BCUT2D eigenvalue weighted by Gasteiger charge is 2.29. The van der Waals surface area contributed by atoms with Crippen LogP contribution in [0.4, 0.5) is 11.4 Å². The van der Waals surface area contributed by atoms with E-state index in [1.807, 2.05) is 12.1 Å². The van der Waals surface area contributed by atoms with Crippen molar-refractivity contribution in [2.45, 2.75) is 38.6 Å². The van der Waals surface area contributed by atoms with Crippen molar-refractivity contribution in [2.24, 2.45) is 0 Å². The highest BCUT2D eigenvalue weighted by atomic mass is 16.5. The maximum Gasteiger partial charge on any atom is 0.314 e. The van der Waals surface area contributed by atoms with Crippen molar-refractivity contribution in [3.05, 3.63) is 84.5 Å². The van der Waals surface area contributed by atoms with E-state index in [0.717, 1.165) is 16.7 Å². The molecule has 0 spiro atoms. The number of aromatic amines is 2. The molecule has 1 aromatic heterocycles. The minimum Gasteiger partial charge on any atom is -0.493 e. The number of H-pyrrole nitrogens is 2. The molecule has 0 aliphatic heterocycles. The monoisotopic (exact) mass is 629 g/mol. The Labute approximate surface area is 263 Å². The van der Waals surface area contributed by atoms with Gasteiger partial charge in [0.05, 0.1) is 44.1 Å². The first-order valence-electron chi connectivity index (χ1n) is 14.7. The fourth-order valence-corrected chi connectivity index (χ4v) is 5.74. The van der Waals surface area contributed by atoms with Crippen molar-refractivity contribution in [3.63, 3.8) is 0 Å². The lowest BCUT2D eigenvalue weighted by molar-refractivity contribution is -0.119. The van der Waals surface area contributed by atoms with Crippen LogP contribution in [0.5, 0.6) is 17.2 Å². The number of anilines is 2. The van der Waals surface area contributed by atoms with Crippen LogP contribution in [0.15, 0.2) is 56.8 Å². The van der Waals surface area contributed by atoms with Crippen molar-refractivity contribution in [1.29, 1.82) is 0 Å². The van der Waals surface area contributed by atoms with Crippen LogP contribution in [0, 0.1) is 0 Å². The first-order valence-corrected chi connectivity index (χ1v) is 14.7. The van der Waals surface area contributed by atoms with Gasteiger partial charge in [-0.3, -0.25) is 24.0 Å². The SMILES string of the molecule is COc1cc2c(c(OC)c1OC)-c1ccc(NCCCC(=O)Nc3ccc4[nH]c(=O)c(=O)[nH]c4c3)c(=O)cc1[C@H](NC(C)=O)CC2. The third kappa shape index (κ3) is 6.58. The third-order valence-corrected chi connectivity index (χ3v) is 7.82. The lowest BCUT2D eigenvalue weighted by Crippen LogP contribution is -2.28. The molecule has 0 unspecified atom stereocenters. The van der Waals surface area contributed by atoms with Crippen LogP contribution in [-0.2, 0) is 16.0 Å². The first kappa shape index (κ1) is 31.8. The van der Waals surface area contributed by atoms with E-state index < -0.39 is 17.2 Å². The van der Waals surface area contributed by atoms with Gasteiger partial charge in [0.15, 0.2) is 11.5 Å². The minimum absolute atomic E-state index is 0.160. The van der Waals surface area contributed by atoms with Crippen LogP contribution in [0.3, 0.4) is 0 Å². The van der Waals surface area contributed by atoms with E-state index in [1.165, 1.54) is 20.1 Å². The second-order valence-electron chi connectivity index (χ2n) is 10.8. The van der Waals surface area contributed by atoms with Crippen molar-refractivity contribution < 1.29 is 23.8 Å². The van der Waals surface area contributed by atoms with E-state index in [-0.39, 0.29) is 23.7 Å². The molecule has 46 heavy (non-hydrogen) atoms. The lowest BCUT2D eigenvalue weighted by Gasteiger charge is -2.19. The topological polar surface area (TPSA) is 181 Å². The molecule has 1 aliphatic rings. The Kier molecular flexibility index (Phi) is 9.40. The molecule has 2 amide bonds. The summed E-state index contributed by atoms with van der Waals surface area (Å²) in [4.78, 5) is 66.3. The van der Waals surface area contributed by atoms with Crippen LogP contribution in [0.2, 0.25) is 0 Å². The van der Waals surface area contributed by atoms with Crippen LogP contribution < -0.4 is 46.7 Å². The summed E-state index contributed by atoms with van der Waals surface area (Å²) < 4.78 is 17.0. The molecule has 0 saturated heterocycles. The third-order valence-electron chi connectivity index (χ3n) is 7.82. The number of hydrogen-bond donors (Lipinski definition) is 5. The Morgan fingerprint density at radius 3 is 2.33 bits per heavy atom. The Morgan fingerprint density at radius 2 is 1.63 bits per heavy atom. The Balaban J connectivity index is 1.36. The van der Waals surface area contributed by atoms with Gasteiger partial charge in [-0.15, -0.1) is 0 Å². The van der Waals surface area contributed by atoms with E-state index in [2.05, 4.69) is 25.9 Å². The zero-order valence-corrected chi connectivity index (χ0v) is 25.9. The summed E-state index contributed by atoms with van der Waals surface area (Å²) in [5.41, 5.74) is 2.88. The average molecular weight is 630 g/mol. The summed E-state index contributed by atoms with van der Waals surface area (Å²) in [6.07, 6.45) is 1.72. The number of carbonyl (C=O) groups excluding carboxylic acids is 2. The Hall–Kier alpha value is -5.59. The number of aromatic nitrogens is 2. The summed E-state index contributed by atoms with van der Waals surface area (Å²) in [5, 5.41) is 8.91. The van der Waals surface area contributed by atoms with Gasteiger partial charge in [0.25, 0.3) is 0 Å².